The molecule has 1 aromatic carbocycles. The topological polar surface area (TPSA) is 91.4 Å². The van der Waals surface area contributed by atoms with Gasteiger partial charge in [0.15, 0.2) is 10.6 Å². The first-order valence-electron chi connectivity index (χ1n) is 7.14. The van der Waals surface area contributed by atoms with E-state index in [4.69, 9.17) is 12.2 Å². The molecule has 0 atom stereocenters. The standard InChI is InChI=1S/C15H16N6OS/c1-10-2-4-11(5-3-10)14-19-20-15(23)21(14)7-6-13(22)18-12-8-16-17-9-12/h2-5,8-9H,6-7H2,1H3,(H,16,17)(H,18,22)(H,20,23). The van der Waals surface area contributed by atoms with Crippen LogP contribution in [0, 0.1) is 11.7 Å². The Labute approximate surface area is 137 Å². The number of hydrogen-bond donors (Lipinski definition) is 3. The molecule has 2 heterocycles. The third-order valence-corrected chi connectivity index (χ3v) is 3.72. The largest absolute Gasteiger partial charge is 0.323 e. The number of nitrogens with one attached hydrogen (secondary N) is 3. The van der Waals surface area contributed by atoms with E-state index in [0.717, 1.165) is 11.4 Å². The second kappa shape index (κ2) is 6.57. The van der Waals surface area contributed by atoms with E-state index in [0.29, 0.717) is 17.0 Å². The van der Waals surface area contributed by atoms with Gasteiger partial charge in [0, 0.05) is 24.7 Å². The molecule has 0 saturated heterocycles. The van der Waals surface area contributed by atoms with E-state index in [1.54, 1.807) is 12.4 Å². The quantitative estimate of drug-likeness (QED) is 0.628. The molecular weight excluding hydrogens is 312 g/mol. The van der Waals surface area contributed by atoms with Crippen LogP contribution in [0.15, 0.2) is 36.7 Å². The van der Waals surface area contributed by atoms with Crippen molar-refractivity contribution in [1.29, 1.82) is 0 Å². The highest BCUT2D eigenvalue weighted by Crippen LogP contribution is 2.18. The van der Waals surface area contributed by atoms with Gasteiger partial charge in [-0.25, -0.2) is 0 Å². The Morgan fingerprint density at radius 2 is 2.13 bits per heavy atom. The maximum Gasteiger partial charge on any atom is 0.226 e. The third-order valence-electron chi connectivity index (χ3n) is 3.41. The third kappa shape index (κ3) is 3.54. The van der Waals surface area contributed by atoms with Crippen LogP contribution < -0.4 is 5.32 Å². The first kappa shape index (κ1) is 15.2. The molecule has 0 aliphatic rings. The molecule has 0 aliphatic heterocycles. The number of aromatic amines is 2. The average Bonchev–Trinajstić information content (AvgIpc) is 3.16. The fourth-order valence-electron chi connectivity index (χ4n) is 2.20. The molecule has 118 valence electrons. The van der Waals surface area contributed by atoms with Gasteiger partial charge in [-0.3, -0.25) is 19.6 Å². The van der Waals surface area contributed by atoms with Crippen LogP contribution in [0.2, 0.25) is 0 Å². The zero-order valence-electron chi connectivity index (χ0n) is 12.5. The van der Waals surface area contributed by atoms with Gasteiger partial charge in [-0.1, -0.05) is 29.8 Å². The summed E-state index contributed by atoms with van der Waals surface area (Å²) in [6.07, 6.45) is 3.47. The number of rotatable bonds is 5. The van der Waals surface area contributed by atoms with E-state index in [1.165, 1.54) is 5.56 Å². The van der Waals surface area contributed by atoms with Crippen molar-refractivity contribution in [3.63, 3.8) is 0 Å². The predicted molar refractivity (Wildman–Crippen MR) is 89.4 cm³/mol. The first-order valence-corrected chi connectivity index (χ1v) is 7.55. The Hall–Kier alpha value is -2.74. The minimum atomic E-state index is -0.107. The summed E-state index contributed by atoms with van der Waals surface area (Å²) in [6, 6.07) is 8.01. The molecule has 0 radical (unpaired) electrons. The lowest BCUT2D eigenvalue weighted by atomic mass is 10.1. The number of anilines is 1. The lowest BCUT2D eigenvalue weighted by Gasteiger charge is -2.07. The fraction of sp³-hybridized carbons (Fsp3) is 0.200. The Balaban J connectivity index is 1.73. The Morgan fingerprint density at radius 3 is 2.83 bits per heavy atom. The number of benzene rings is 1. The predicted octanol–water partition coefficient (Wildman–Crippen LogP) is 2.67. The molecule has 3 N–H and O–H groups in total. The van der Waals surface area contributed by atoms with Crippen LogP contribution in [0.5, 0.6) is 0 Å². The highest BCUT2D eigenvalue weighted by molar-refractivity contribution is 7.71. The van der Waals surface area contributed by atoms with Crippen molar-refractivity contribution in [2.45, 2.75) is 19.9 Å². The maximum atomic E-state index is 12.0. The SMILES string of the molecule is Cc1ccc(-c2n[nH]c(=S)n2CCC(=O)Nc2cn[nH]c2)cc1. The second-order valence-corrected chi connectivity index (χ2v) is 5.54. The van der Waals surface area contributed by atoms with Gasteiger partial charge >= 0.3 is 0 Å². The molecule has 0 fully saturated rings. The molecule has 0 bridgehead atoms. The van der Waals surface area contributed by atoms with Crippen LogP contribution in [0.4, 0.5) is 5.69 Å². The molecule has 1 amide bonds. The Bertz CT molecular complexity index is 847. The number of carbonyl (C=O) groups is 1. The van der Waals surface area contributed by atoms with Gasteiger partial charge in [0.2, 0.25) is 5.91 Å². The molecule has 0 unspecified atom stereocenters. The fourth-order valence-corrected chi connectivity index (χ4v) is 2.43. The monoisotopic (exact) mass is 328 g/mol. The zero-order valence-corrected chi connectivity index (χ0v) is 13.4. The van der Waals surface area contributed by atoms with Gasteiger partial charge in [0.05, 0.1) is 11.9 Å². The van der Waals surface area contributed by atoms with Gasteiger partial charge in [-0.05, 0) is 19.1 Å². The molecule has 3 rings (SSSR count). The van der Waals surface area contributed by atoms with Crippen LogP contribution in [0.3, 0.4) is 0 Å². The van der Waals surface area contributed by atoms with Crippen LogP contribution in [0.1, 0.15) is 12.0 Å². The first-order chi connectivity index (χ1) is 11.1. The van der Waals surface area contributed by atoms with Gasteiger partial charge in [0.25, 0.3) is 0 Å². The van der Waals surface area contributed by atoms with Crippen LogP contribution in [-0.2, 0) is 11.3 Å². The van der Waals surface area contributed by atoms with Gasteiger partial charge in [0.1, 0.15) is 0 Å². The van der Waals surface area contributed by atoms with Gasteiger partial charge in [-0.2, -0.15) is 10.2 Å². The number of aryl methyl sites for hydroxylation is 1. The number of carbonyl (C=O) groups excluding carboxylic acids is 1. The normalized spacial score (nSPS) is 10.7. The Morgan fingerprint density at radius 1 is 1.35 bits per heavy atom. The van der Waals surface area contributed by atoms with E-state index in [1.807, 2.05) is 35.8 Å². The minimum Gasteiger partial charge on any atom is -0.323 e. The van der Waals surface area contributed by atoms with E-state index in [2.05, 4.69) is 25.7 Å². The van der Waals surface area contributed by atoms with E-state index >= 15 is 0 Å². The summed E-state index contributed by atoms with van der Waals surface area (Å²) in [4.78, 5) is 12.0. The van der Waals surface area contributed by atoms with Gasteiger partial charge < -0.3 is 5.32 Å². The molecule has 23 heavy (non-hydrogen) atoms. The van der Waals surface area contributed by atoms with Gasteiger partial charge in [-0.15, -0.1) is 0 Å². The number of hydrogen-bond acceptors (Lipinski definition) is 4. The summed E-state index contributed by atoms with van der Waals surface area (Å²) < 4.78 is 2.33. The smallest absolute Gasteiger partial charge is 0.226 e. The average molecular weight is 328 g/mol. The molecule has 0 spiro atoms. The number of H-pyrrole nitrogens is 2. The minimum absolute atomic E-state index is 0.107. The molecular formula is C15H16N6OS. The molecule has 8 heteroatoms. The zero-order chi connectivity index (χ0) is 16.2. The molecule has 3 aromatic rings. The summed E-state index contributed by atoms with van der Waals surface area (Å²) in [5, 5.41) is 16.2. The van der Waals surface area contributed by atoms with Crippen LogP contribution in [-0.4, -0.2) is 30.9 Å². The summed E-state index contributed by atoms with van der Waals surface area (Å²) in [7, 11) is 0. The van der Waals surface area contributed by atoms with Crippen molar-refractivity contribution >= 4 is 23.8 Å². The van der Waals surface area contributed by atoms with Crippen molar-refractivity contribution in [1.82, 2.24) is 25.0 Å². The lowest BCUT2D eigenvalue weighted by Crippen LogP contribution is -2.14. The highest BCUT2D eigenvalue weighted by atomic mass is 32.1. The van der Waals surface area contributed by atoms with Crippen molar-refractivity contribution < 1.29 is 4.79 Å². The number of nitrogens with zero attached hydrogens (tertiary/aromatic N) is 3. The van der Waals surface area contributed by atoms with E-state index in [9.17, 15) is 4.79 Å². The second-order valence-electron chi connectivity index (χ2n) is 5.16. The van der Waals surface area contributed by atoms with Crippen molar-refractivity contribution in [3.8, 4) is 11.4 Å². The van der Waals surface area contributed by atoms with Crippen molar-refractivity contribution in [3.05, 3.63) is 47.0 Å². The summed E-state index contributed by atoms with van der Waals surface area (Å²) in [5.74, 6) is 0.621. The van der Waals surface area contributed by atoms with Crippen molar-refractivity contribution in [2.24, 2.45) is 0 Å². The van der Waals surface area contributed by atoms with E-state index in [-0.39, 0.29) is 12.3 Å². The number of amides is 1. The maximum absolute atomic E-state index is 12.0. The summed E-state index contributed by atoms with van der Waals surface area (Å²) in [6.45, 7) is 2.48. The summed E-state index contributed by atoms with van der Waals surface area (Å²) in [5.41, 5.74) is 2.77. The van der Waals surface area contributed by atoms with Crippen LogP contribution in [0.25, 0.3) is 11.4 Å². The van der Waals surface area contributed by atoms with Crippen LogP contribution >= 0.6 is 12.2 Å². The van der Waals surface area contributed by atoms with E-state index < -0.39 is 0 Å². The molecule has 0 saturated carbocycles. The number of aromatic nitrogens is 5. The molecule has 7 nitrogen and oxygen atoms in total. The Kier molecular flexibility index (Phi) is 4.33. The lowest BCUT2D eigenvalue weighted by molar-refractivity contribution is -0.116. The highest BCUT2D eigenvalue weighted by Gasteiger charge is 2.11. The molecule has 0 aliphatic carbocycles. The van der Waals surface area contributed by atoms with Crippen molar-refractivity contribution in [2.75, 3.05) is 5.32 Å². The summed E-state index contributed by atoms with van der Waals surface area (Å²) >= 11 is 5.26. The molecule has 2 aromatic heterocycles.